The number of hydrogen-bond donors (Lipinski definition) is 2. The van der Waals surface area contributed by atoms with Gasteiger partial charge in [0, 0.05) is 31.2 Å². The summed E-state index contributed by atoms with van der Waals surface area (Å²) >= 11 is 0. The Bertz CT molecular complexity index is 539. The van der Waals surface area contributed by atoms with E-state index in [1.165, 1.54) is 6.20 Å². The second kappa shape index (κ2) is 7.66. The molecule has 2 unspecified atom stereocenters. The lowest BCUT2D eigenvalue weighted by atomic mass is 9.83. The van der Waals surface area contributed by atoms with E-state index in [0.717, 1.165) is 5.69 Å². The summed E-state index contributed by atoms with van der Waals surface area (Å²) in [5, 5.41) is 0. The van der Waals surface area contributed by atoms with Crippen LogP contribution in [0.3, 0.4) is 0 Å². The van der Waals surface area contributed by atoms with Crippen molar-refractivity contribution < 1.29 is 13.6 Å². The van der Waals surface area contributed by atoms with Crippen LogP contribution < -0.4 is 10.9 Å². The lowest BCUT2D eigenvalue weighted by molar-refractivity contribution is -0.126. The van der Waals surface area contributed by atoms with Crippen molar-refractivity contribution in [2.24, 2.45) is 11.8 Å². The van der Waals surface area contributed by atoms with E-state index >= 15 is 0 Å². The average molecular weight is 326 g/mol. The van der Waals surface area contributed by atoms with Crippen molar-refractivity contribution >= 4 is 11.7 Å². The minimum atomic E-state index is -2.67. The van der Waals surface area contributed by atoms with Crippen molar-refractivity contribution in [1.29, 1.82) is 0 Å². The third-order valence-corrected chi connectivity index (χ3v) is 4.33. The van der Waals surface area contributed by atoms with E-state index in [0.29, 0.717) is 25.1 Å². The highest BCUT2D eigenvalue weighted by atomic mass is 19.3. The number of hydrazine groups is 1. The molecular weight excluding hydrogens is 302 g/mol. The Morgan fingerprint density at radius 3 is 2.74 bits per heavy atom. The first-order valence-electron chi connectivity index (χ1n) is 8.15. The number of aryl methyl sites for hydroxylation is 1. The maximum Gasteiger partial charge on any atom is 0.248 e. The number of alkyl halides is 2. The first-order valence-corrected chi connectivity index (χ1v) is 8.15. The van der Waals surface area contributed by atoms with Gasteiger partial charge in [0.05, 0.1) is 5.69 Å². The van der Waals surface area contributed by atoms with Crippen LogP contribution in [0.4, 0.5) is 14.6 Å². The molecule has 2 N–H and O–H groups in total. The minimum absolute atomic E-state index is 0.0831. The fourth-order valence-corrected chi connectivity index (χ4v) is 2.88. The Balaban J connectivity index is 1.95. The molecule has 23 heavy (non-hydrogen) atoms. The van der Waals surface area contributed by atoms with Crippen molar-refractivity contribution in [2.45, 2.75) is 58.3 Å². The number of halogens is 2. The zero-order chi connectivity index (χ0) is 16.9. The summed E-state index contributed by atoms with van der Waals surface area (Å²) in [6.07, 6.45) is 4.77. The van der Waals surface area contributed by atoms with Gasteiger partial charge in [-0.1, -0.05) is 13.8 Å². The molecule has 1 aromatic rings. The number of nitrogens with zero attached hydrogens (tertiary/aromatic N) is 2. The van der Waals surface area contributed by atoms with Gasteiger partial charge in [-0.2, -0.15) is 0 Å². The largest absolute Gasteiger partial charge is 0.280 e. The zero-order valence-corrected chi connectivity index (χ0v) is 13.6. The number of carbonyl (C=O) groups is 1. The Hall–Kier alpha value is -1.79. The molecule has 0 radical (unpaired) electrons. The first-order chi connectivity index (χ1) is 10.9. The summed E-state index contributed by atoms with van der Waals surface area (Å²) in [6.45, 7) is 3.86. The Kier molecular flexibility index (Phi) is 5.85. The maximum absolute atomic E-state index is 13.6. The summed E-state index contributed by atoms with van der Waals surface area (Å²) in [7, 11) is 0. The number of carbonyl (C=O) groups excluding carboxylic acids is 1. The predicted octanol–water partition coefficient (Wildman–Crippen LogP) is 3.33. The van der Waals surface area contributed by atoms with Gasteiger partial charge in [-0.3, -0.25) is 20.6 Å². The number of rotatable bonds is 4. The van der Waals surface area contributed by atoms with Gasteiger partial charge in [-0.15, -0.1) is 0 Å². The number of anilines is 1. The predicted molar refractivity (Wildman–Crippen MR) is 83.9 cm³/mol. The van der Waals surface area contributed by atoms with Crippen LogP contribution in [0.25, 0.3) is 0 Å². The lowest BCUT2D eigenvalue weighted by Gasteiger charge is -2.27. The van der Waals surface area contributed by atoms with Crippen LogP contribution in [-0.4, -0.2) is 21.8 Å². The average Bonchev–Trinajstić information content (AvgIpc) is 2.53. The summed E-state index contributed by atoms with van der Waals surface area (Å²) in [5.41, 5.74) is 6.12. The molecule has 1 saturated carbocycles. The second-order valence-electron chi connectivity index (χ2n) is 6.29. The molecule has 1 aliphatic carbocycles. The van der Waals surface area contributed by atoms with Crippen molar-refractivity contribution in [3.63, 3.8) is 0 Å². The minimum Gasteiger partial charge on any atom is -0.280 e. The van der Waals surface area contributed by atoms with Crippen LogP contribution >= 0.6 is 0 Å². The van der Waals surface area contributed by atoms with Gasteiger partial charge in [0.25, 0.3) is 0 Å². The topological polar surface area (TPSA) is 66.9 Å². The summed E-state index contributed by atoms with van der Waals surface area (Å²) in [5.74, 6) is -2.74. The summed E-state index contributed by atoms with van der Waals surface area (Å²) in [6, 6.07) is 0. The molecule has 0 aromatic carbocycles. The number of aromatic nitrogens is 2. The fourth-order valence-electron chi connectivity index (χ4n) is 2.88. The molecule has 7 heteroatoms. The monoisotopic (exact) mass is 326 g/mol. The Labute approximate surface area is 135 Å². The van der Waals surface area contributed by atoms with Gasteiger partial charge in [0.1, 0.15) is 0 Å². The molecule has 1 aliphatic rings. The molecule has 128 valence electrons. The highest BCUT2D eigenvalue weighted by molar-refractivity contribution is 5.79. The standard InChI is InChI=1S/C16H24F2N4O/c1-3-13-14(20-9-8-19-13)21-22-15(23)12-5-7-16(17,18)6-4-11(2)10-12/h8-9,11-12H,3-7,10H2,1-2H3,(H,20,21)(H,22,23). The van der Waals surface area contributed by atoms with Crippen molar-refractivity contribution in [3.8, 4) is 0 Å². The van der Waals surface area contributed by atoms with E-state index < -0.39 is 11.8 Å². The maximum atomic E-state index is 13.6. The SMILES string of the molecule is CCc1nccnc1NNC(=O)C1CCC(F)(F)CCC(C)C1. The molecule has 0 bridgehead atoms. The second-order valence-corrected chi connectivity index (χ2v) is 6.29. The number of hydrogen-bond acceptors (Lipinski definition) is 4. The van der Waals surface area contributed by atoms with Gasteiger partial charge in [-0.25, -0.2) is 13.8 Å². The van der Waals surface area contributed by atoms with Crippen molar-refractivity contribution in [3.05, 3.63) is 18.1 Å². The molecule has 0 spiro atoms. The smallest absolute Gasteiger partial charge is 0.248 e. The van der Waals surface area contributed by atoms with Crippen LogP contribution in [0.2, 0.25) is 0 Å². The molecule has 2 atom stereocenters. The molecule has 1 aromatic heterocycles. The highest BCUT2D eigenvalue weighted by Gasteiger charge is 2.35. The highest BCUT2D eigenvalue weighted by Crippen LogP contribution is 2.35. The molecule has 0 saturated heterocycles. The van der Waals surface area contributed by atoms with E-state index in [9.17, 15) is 13.6 Å². The van der Waals surface area contributed by atoms with Crippen molar-refractivity contribution in [2.75, 3.05) is 5.43 Å². The molecular formula is C16H24F2N4O. The molecule has 1 amide bonds. The molecule has 1 heterocycles. The van der Waals surface area contributed by atoms with Crippen LogP contribution in [0.5, 0.6) is 0 Å². The normalized spacial score (nSPS) is 24.3. The van der Waals surface area contributed by atoms with Gasteiger partial charge in [0.15, 0.2) is 5.82 Å². The number of amides is 1. The van der Waals surface area contributed by atoms with Crippen LogP contribution in [0.1, 0.15) is 51.6 Å². The third-order valence-electron chi connectivity index (χ3n) is 4.33. The lowest BCUT2D eigenvalue weighted by Crippen LogP contribution is -2.38. The van der Waals surface area contributed by atoms with Gasteiger partial charge >= 0.3 is 0 Å². The summed E-state index contributed by atoms with van der Waals surface area (Å²) < 4.78 is 27.3. The van der Waals surface area contributed by atoms with Crippen LogP contribution in [-0.2, 0) is 11.2 Å². The third kappa shape index (κ3) is 5.11. The van der Waals surface area contributed by atoms with E-state index in [2.05, 4.69) is 20.8 Å². The fraction of sp³-hybridized carbons (Fsp3) is 0.688. The van der Waals surface area contributed by atoms with E-state index in [-0.39, 0.29) is 31.1 Å². The summed E-state index contributed by atoms with van der Waals surface area (Å²) in [4.78, 5) is 20.6. The molecule has 1 fully saturated rings. The molecule has 2 rings (SSSR count). The molecule has 5 nitrogen and oxygen atoms in total. The van der Waals surface area contributed by atoms with Crippen LogP contribution in [0.15, 0.2) is 12.4 Å². The van der Waals surface area contributed by atoms with E-state index in [4.69, 9.17) is 0 Å². The van der Waals surface area contributed by atoms with E-state index in [1.54, 1.807) is 6.20 Å². The number of nitrogens with one attached hydrogen (secondary N) is 2. The van der Waals surface area contributed by atoms with Gasteiger partial charge in [-0.05, 0) is 31.6 Å². The van der Waals surface area contributed by atoms with Crippen molar-refractivity contribution in [1.82, 2.24) is 15.4 Å². The zero-order valence-electron chi connectivity index (χ0n) is 13.6. The van der Waals surface area contributed by atoms with E-state index in [1.807, 2.05) is 13.8 Å². The van der Waals surface area contributed by atoms with Gasteiger partial charge < -0.3 is 0 Å². The molecule has 0 aliphatic heterocycles. The quantitative estimate of drug-likeness (QED) is 0.833. The van der Waals surface area contributed by atoms with Crippen LogP contribution in [0, 0.1) is 11.8 Å². The Morgan fingerprint density at radius 2 is 2.00 bits per heavy atom. The van der Waals surface area contributed by atoms with Gasteiger partial charge in [0.2, 0.25) is 11.8 Å². The first kappa shape index (κ1) is 17.6. The Morgan fingerprint density at radius 1 is 1.30 bits per heavy atom.